The van der Waals surface area contributed by atoms with Gasteiger partial charge >= 0.3 is 0 Å². The minimum atomic E-state index is -3.34. The summed E-state index contributed by atoms with van der Waals surface area (Å²) in [6.07, 6.45) is 6.01. The first-order chi connectivity index (χ1) is 9.38. The maximum absolute atomic E-state index is 12.2. The van der Waals surface area contributed by atoms with E-state index < -0.39 is 10.0 Å². The zero-order valence-corrected chi connectivity index (χ0v) is 15.2. The SMILES string of the molecule is Cc1cc(S(=O)(=O)NCCC2CCC(C)CC2)sc1Br. The highest BCUT2D eigenvalue weighted by Gasteiger charge is 2.21. The number of rotatable bonds is 5. The van der Waals surface area contributed by atoms with Gasteiger partial charge in [0.05, 0.1) is 3.79 Å². The third-order valence-electron chi connectivity index (χ3n) is 4.08. The van der Waals surface area contributed by atoms with Gasteiger partial charge in [0.2, 0.25) is 10.0 Å². The van der Waals surface area contributed by atoms with E-state index in [2.05, 4.69) is 27.6 Å². The van der Waals surface area contributed by atoms with Gasteiger partial charge in [-0.3, -0.25) is 0 Å². The first-order valence-electron chi connectivity index (χ1n) is 7.14. The first-order valence-corrected chi connectivity index (χ1v) is 10.2. The lowest BCUT2D eigenvalue weighted by molar-refractivity contribution is 0.278. The van der Waals surface area contributed by atoms with Gasteiger partial charge in [0.25, 0.3) is 0 Å². The van der Waals surface area contributed by atoms with Gasteiger partial charge in [0, 0.05) is 6.54 Å². The van der Waals surface area contributed by atoms with Crippen LogP contribution in [0.5, 0.6) is 0 Å². The fourth-order valence-electron chi connectivity index (χ4n) is 2.65. The molecule has 0 radical (unpaired) electrons. The van der Waals surface area contributed by atoms with Crippen LogP contribution in [0, 0.1) is 18.8 Å². The van der Waals surface area contributed by atoms with Gasteiger partial charge in [-0.15, -0.1) is 11.3 Å². The van der Waals surface area contributed by atoms with Crippen LogP contribution in [0.15, 0.2) is 14.1 Å². The molecule has 1 aromatic heterocycles. The van der Waals surface area contributed by atoms with Crippen LogP contribution < -0.4 is 4.72 Å². The summed E-state index contributed by atoms with van der Waals surface area (Å²) in [4.78, 5) is 0. The molecule has 0 amide bonds. The Bertz CT molecular complexity index is 526. The van der Waals surface area contributed by atoms with E-state index in [4.69, 9.17) is 0 Å². The molecule has 1 aromatic rings. The van der Waals surface area contributed by atoms with Crippen LogP contribution in [-0.2, 0) is 10.0 Å². The van der Waals surface area contributed by atoms with Crippen LogP contribution in [-0.4, -0.2) is 15.0 Å². The number of hydrogen-bond acceptors (Lipinski definition) is 3. The fourth-order valence-corrected chi connectivity index (χ4v) is 5.97. The summed E-state index contributed by atoms with van der Waals surface area (Å²) >= 11 is 4.64. The smallest absolute Gasteiger partial charge is 0.210 e. The minimum Gasteiger partial charge on any atom is -0.210 e. The summed E-state index contributed by atoms with van der Waals surface area (Å²) in [5, 5.41) is 0. The zero-order chi connectivity index (χ0) is 14.8. The van der Waals surface area contributed by atoms with E-state index in [1.807, 2.05) is 6.92 Å². The quantitative estimate of drug-likeness (QED) is 0.827. The normalized spacial score (nSPS) is 23.9. The molecule has 1 fully saturated rings. The second-order valence-corrected chi connectivity index (χ2v) is 10.2. The van der Waals surface area contributed by atoms with E-state index in [0.717, 1.165) is 21.7 Å². The summed E-state index contributed by atoms with van der Waals surface area (Å²) in [7, 11) is -3.34. The van der Waals surface area contributed by atoms with Crippen molar-refractivity contribution in [3.05, 3.63) is 15.4 Å². The van der Waals surface area contributed by atoms with E-state index in [1.54, 1.807) is 6.07 Å². The van der Waals surface area contributed by atoms with Crippen molar-refractivity contribution in [2.75, 3.05) is 6.54 Å². The van der Waals surface area contributed by atoms with Crippen LogP contribution in [0.4, 0.5) is 0 Å². The summed E-state index contributed by atoms with van der Waals surface area (Å²) in [6.45, 7) is 4.76. The number of nitrogens with one attached hydrogen (secondary N) is 1. The molecule has 6 heteroatoms. The minimum absolute atomic E-state index is 0.402. The lowest BCUT2D eigenvalue weighted by Gasteiger charge is -2.25. The third-order valence-corrected chi connectivity index (χ3v) is 8.15. The number of hydrogen-bond donors (Lipinski definition) is 1. The Labute approximate surface area is 134 Å². The van der Waals surface area contributed by atoms with E-state index in [9.17, 15) is 8.42 Å². The molecular weight excluding hydrogens is 358 g/mol. The molecule has 0 spiro atoms. The second-order valence-electron chi connectivity index (χ2n) is 5.83. The molecule has 0 bridgehead atoms. The van der Waals surface area contributed by atoms with E-state index in [1.165, 1.54) is 37.0 Å². The molecule has 0 aliphatic heterocycles. The topological polar surface area (TPSA) is 46.2 Å². The number of sulfonamides is 1. The monoisotopic (exact) mass is 379 g/mol. The molecule has 0 unspecified atom stereocenters. The van der Waals surface area contributed by atoms with Gasteiger partial charge in [0.1, 0.15) is 4.21 Å². The van der Waals surface area contributed by atoms with Crippen molar-refractivity contribution in [1.82, 2.24) is 4.72 Å². The van der Waals surface area contributed by atoms with Crippen molar-refractivity contribution in [3.63, 3.8) is 0 Å². The summed E-state index contributed by atoms with van der Waals surface area (Å²) in [6, 6.07) is 1.72. The Morgan fingerprint density at radius 1 is 1.35 bits per heavy atom. The van der Waals surface area contributed by atoms with Gasteiger partial charge in [-0.2, -0.15) is 0 Å². The Kier molecular flexibility index (Phi) is 5.68. The van der Waals surface area contributed by atoms with Crippen molar-refractivity contribution in [2.24, 2.45) is 11.8 Å². The predicted octanol–water partition coefficient (Wildman–Crippen LogP) is 4.31. The van der Waals surface area contributed by atoms with Crippen molar-refractivity contribution < 1.29 is 8.42 Å². The fraction of sp³-hybridized carbons (Fsp3) is 0.714. The van der Waals surface area contributed by atoms with Crippen LogP contribution in [0.25, 0.3) is 0 Å². The van der Waals surface area contributed by atoms with E-state index in [-0.39, 0.29) is 0 Å². The van der Waals surface area contributed by atoms with E-state index >= 15 is 0 Å². The molecule has 1 aliphatic carbocycles. The molecule has 1 aliphatic rings. The number of thiophene rings is 1. The maximum Gasteiger partial charge on any atom is 0.250 e. The van der Waals surface area contributed by atoms with Crippen molar-refractivity contribution in [2.45, 2.75) is 50.2 Å². The lowest BCUT2D eigenvalue weighted by atomic mass is 9.81. The molecule has 1 heterocycles. The first kappa shape index (κ1) is 16.5. The van der Waals surface area contributed by atoms with Crippen LogP contribution in [0.3, 0.4) is 0 Å². The third kappa shape index (κ3) is 4.29. The number of aryl methyl sites for hydroxylation is 1. The van der Waals surface area contributed by atoms with Gasteiger partial charge in [-0.25, -0.2) is 13.1 Å². The Morgan fingerprint density at radius 2 is 2.00 bits per heavy atom. The summed E-state index contributed by atoms with van der Waals surface area (Å²) < 4.78 is 28.4. The van der Waals surface area contributed by atoms with Gasteiger partial charge < -0.3 is 0 Å². The highest BCUT2D eigenvalue weighted by Crippen LogP contribution is 2.31. The highest BCUT2D eigenvalue weighted by molar-refractivity contribution is 9.11. The average molecular weight is 380 g/mol. The van der Waals surface area contributed by atoms with Gasteiger partial charge in [0.15, 0.2) is 0 Å². The van der Waals surface area contributed by atoms with Crippen molar-refractivity contribution in [3.8, 4) is 0 Å². The maximum atomic E-state index is 12.2. The average Bonchev–Trinajstić information content (AvgIpc) is 2.73. The molecule has 1 N–H and O–H groups in total. The van der Waals surface area contributed by atoms with Crippen LogP contribution >= 0.6 is 27.3 Å². The standard InChI is InChI=1S/C14H22BrNO2S2/c1-10-3-5-12(6-4-10)7-8-16-20(17,18)13-9-11(2)14(15)19-13/h9-10,12,16H,3-8H2,1-2H3. The molecule has 20 heavy (non-hydrogen) atoms. The second kappa shape index (κ2) is 6.90. The molecule has 0 atom stereocenters. The lowest BCUT2D eigenvalue weighted by Crippen LogP contribution is -2.26. The molecule has 1 saturated carbocycles. The van der Waals surface area contributed by atoms with Crippen molar-refractivity contribution >= 4 is 37.3 Å². The molecule has 2 rings (SSSR count). The number of halogens is 1. The molecule has 0 saturated heterocycles. The summed E-state index contributed by atoms with van der Waals surface area (Å²) in [5.74, 6) is 1.53. The van der Waals surface area contributed by atoms with E-state index in [0.29, 0.717) is 16.7 Å². The molecule has 0 aromatic carbocycles. The Hall–Kier alpha value is 0.0900. The Morgan fingerprint density at radius 3 is 2.55 bits per heavy atom. The zero-order valence-electron chi connectivity index (χ0n) is 12.0. The van der Waals surface area contributed by atoms with Crippen LogP contribution in [0.1, 0.15) is 44.6 Å². The van der Waals surface area contributed by atoms with Crippen LogP contribution in [0.2, 0.25) is 0 Å². The molecular formula is C14H22BrNO2S2. The molecule has 114 valence electrons. The highest BCUT2D eigenvalue weighted by atomic mass is 79.9. The van der Waals surface area contributed by atoms with Crippen molar-refractivity contribution in [1.29, 1.82) is 0 Å². The molecule has 3 nitrogen and oxygen atoms in total. The largest absolute Gasteiger partial charge is 0.250 e. The van der Waals surface area contributed by atoms with Gasteiger partial charge in [-0.1, -0.05) is 32.6 Å². The summed E-state index contributed by atoms with van der Waals surface area (Å²) in [5.41, 5.74) is 0.969. The predicted molar refractivity (Wildman–Crippen MR) is 87.7 cm³/mol. The Balaban J connectivity index is 1.84. The van der Waals surface area contributed by atoms with Gasteiger partial charge in [-0.05, 0) is 52.7 Å².